The van der Waals surface area contributed by atoms with E-state index in [0.717, 1.165) is 5.69 Å². The minimum Gasteiger partial charge on any atom is -0.314 e. The number of para-hydroxylation sites is 1. The van der Waals surface area contributed by atoms with Crippen LogP contribution in [0.3, 0.4) is 0 Å². The van der Waals surface area contributed by atoms with E-state index in [1.165, 1.54) is 16.7 Å². The zero-order valence-electron chi connectivity index (χ0n) is 13.1. The van der Waals surface area contributed by atoms with E-state index in [-0.39, 0.29) is 18.4 Å². The summed E-state index contributed by atoms with van der Waals surface area (Å²) < 4.78 is 0. The number of hydrogen-bond donors (Lipinski definition) is 0. The highest BCUT2D eigenvalue weighted by atomic mass is 16.2. The van der Waals surface area contributed by atoms with Crippen molar-refractivity contribution in [3.8, 4) is 6.07 Å². The lowest BCUT2D eigenvalue weighted by molar-refractivity contribution is -0.121. The second-order valence-electron chi connectivity index (χ2n) is 5.06. The number of nitrogens with zero attached hydrogens (tertiary/aromatic N) is 3. The lowest BCUT2D eigenvalue weighted by Crippen LogP contribution is -2.40. The minimum atomic E-state index is -0.255. The predicted octanol–water partition coefficient (Wildman–Crippen LogP) is 2.57. The van der Waals surface area contributed by atoms with Crippen LogP contribution in [0.15, 0.2) is 54.6 Å². The van der Waals surface area contributed by atoms with Gasteiger partial charge in [-0.3, -0.25) is 9.59 Å². The molecule has 2 aromatic carbocycles. The zero-order chi connectivity index (χ0) is 16.8. The van der Waals surface area contributed by atoms with Gasteiger partial charge in [0.2, 0.25) is 11.8 Å². The van der Waals surface area contributed by atoms with Gasteiger partial charge in [0.15, 0.2) is 0 Å². The van der Waals surface area contributed by atoms with Crippen LogP contribution in [0.25, 0.3) is 0 Å². The SMILES string of the molecule is CC(=O)N(CC(=O)N(C)c1ccccc1)c1cccc(C#N)c1. The molecule has 0 spiro atoms. The van der Waals surface area contributed by atoms with Gasteiger partial charge in [-0.15, -0.1) is 0 Å². The standard InChI is InChI=1S/C18H17N3O2/c1-14(22)21(17-10-6-7-15(11-17)12-19)13-18(23)20(2)16-8-4-3-5-9-16/h3-11H,13H2,1-2H3. The van der Waals surface area contributed by atoms with E-state index in [9.17, 15) is 9.59 Å². The van der Waals surface area contributed by atoms with Crippen LogP contribution in [0.5, 0.6) is 0 Å². The molecule has 0 heterocycles. The van der Waals surface area contributed by atoms with E-state index in [0.29, 0.717) is 11.3 Å². The van der Waals surface area contributed by atoms with Gasteiger partial charge in [-0.05, 0) is 30.3 Å². The monoisotopic (exact) mass is 307 g/mol. The lowest BCUT2D eigenvalue weighted by atomic mass is 10.2. The fourth-order valence-corrected chi connectivity index (χ4v) is 2.16. The van der Waals surface area contributed by atoms with E-state index in [2.05, 4.69) is 0 Å². The number of hydrogen-bond acceptors (Lipinski definition) is 3. The van der Waals surface area contributed by atoms with Gasteiger partial charge in [-0.2, -0.15) is 5.26 Å². The number of anilines is 2. The van der Waals surface area contributed by atoms with Gasteiger partial charge in [-0.1, -0.05) is 24.3 Å². The van der Waals surface area contributed by atoms with Crippen LogP contribution in [-0.4, -0.2) is 25.4 Å². The van der Waals surface area contributed by atoms with E-state index >= 15 is 0 Å². The average molecular weight is 307 g/mol. The minimum absolute atomic E-state index is 0.0877. The van der Waals surface area contributed by atoms with Crippen molar-refractivity contribution in [1.29, 1.82) is 5.26 Å². The van der Waals surface area contributed by atoms with Crippen molar-refractivity contribution in [3.05, 3.63) is 60.2 Å². The number of carbonyl (C=O) groups excluding carboxylic acids is 2. The van der Waals surface area contributed by atoms with Gasteiger partial charge in [0.25, 0.3) is 0 Å². The van der Waals surface area contributed by atoms with Crippen LogP contribution >= 0.6 is 0 Å². The predicted molar refractivity (Wildman–Crippen MR) is 89.0 cm³/mol. The largest absolute Gasteiger partial charge is 0.314 e. The molecule has 0 radical (unpaired) electrons. The van der Waals surface area contributed by atoms with Gasteiger partial charge in [0.05, 0.1) is 11.6 Å². The van der Waals surface area contributed by atoms with Gasteiger partial charge in [-0.25, -0.2) is 0 Å². The Bertz CT molecular complexity index is 750. The molecule has 0 unspecified atom stereocenters. The van der Waals surface area contributed by atoms with Crippen molar-refractivity contribution in [2.75, 3.05) is 23.4 Å². The van der Waals surface area contributed by atoms with Crippen LogP contribution in [0.2, 0.25) is 0 Å². The topological polar surface area (TPSA) is 64.4 Å². The fraction of sp³-hybridized carbons (Fsp3) is 0.167. The third kappa shape index (κ3) is 3.95. The molecule has 2 rings (SSSR count). The zero-order valence-corrected chi connectivity index (χ0v) is 13.1. The molecule has 0 fully saturated rings. The Labute approximate surface area is 135 Å². The normalized spacial score (nSPS) is 9.78. The van der Waals surface area contributed by atoms with Crippen molar-refractivity contribution >= 4 is 23.2 Å². The summed E-state index contributed by atoms with van der Waals surface area (Å²) in [5.74, 6) is -0.469. The van der Waals surface area contributed by atoms with E-state index in [1.54, 1.807) is 31.3 Å². The second kappa shape index (κ2) is 7.23. The molecule has 0 aromatic heterocycles. The Morgan fingerprint density at radius 2 is 1.70 bits per heavy atom. The Hall–Kier alpha value is -3.13. The van der Waals surface area contributed by atoms with Gasteiger partial charge >= 0.3 is 0 Å². The summed E-state index contributed by atoms with van der Waals surface area (Å²) in [6.07, 6.45) is 0. The summed E-state index contributed by atoms with van der Waals surface area (Å²) >= 11 is 0. The highest BCUT2D eigenvalue weighted by Crippen LogP contribution is 2.18. The lowest BCUT2D eigenvalue weighted by Gasteiger charge is -2.24. The first-order valence-corrected chi connectivity index (χ1v) is 7.13. The molecule has 0 saturated heterocycles. The Morgan fingerprint density at radius 3 is 2.30 bits per heavy atom. The van der Waals surface area contributed by atoms with Crippen LogP contribution in [0, 0.1) is 11.3 Å². The Kier molecular flexibility index (Phi) is 5.11. The molecule has 5 heteroatoms. The Morgan fingerprint density at radius 1 is 1.04 bits per heavy atom. The van der Waals surface area contributed by atoms with Crippen LogP contribution in [0.1, 0.15) is 12.5 Å². The highest BCUT2D eigenvalue weighted by molar-refractivity contribution is 6.02. The molecule has 23 heavy (non-hydrogen) atoms. The second-order valence-corrected chi connectivity index (χ2v) is 5.06. The smallest absolute Gasteiger partial charge is 0.246 e. The number of benzene rings is 2. The average Bonchev–Trinajstić information content (AvgIpc) is 2.59. The Balaban J connectivity index is 2.21. The molecular weight excluding hydrogens is 290 g/mol. The number of carbonyl (C=O) groups is 2. The summed E-state index contributed by atoms with van der Waals surface area (Å²) in [6.45, 7) is 1.31. The number of amides is 2. The molecule has 0 aliphatic rings. The third-order valence-corrected chi connectivity index (χ3v) is 3.48. The first kappa shape index (κ1) is 16.2. The van der Waals surface area contributed by atoms with Crippen LogP contribution in [0.4, 0.5) is 11.4 Å². The van der Waals surface area contributed by atoms with Crippen molar-refractivity contribution in [2.24, 2.45) is 0 Å². The molecule has 2 aromatic rings. The molecule has 0 aliphatic heterocycles. The highest BCUT2D eigenvalue weighted by Gasteiger charge is 2.19. The van der Waals surface area contributed by atoms with Crippen LogP contribution in [-0.2, 0) is 9.59 Å². The maximum absolute atomic E-state index is 12.5. The number of rotatable bonds is 4. The molecule has 0 aliphatic carbocycles. The van der Waals surface area contributed by atoms with Crippen molar-refractivity contribution < 1.29 is 9.59 Å². The van der Waals surface area contributed by atoms with Crippen LogP contribution < -0.4 is 9.80 Å². The maximum Gasteiger partial charge on any atom is 0.246 e. The first-order valence-electron chi connectivity index (χ1n) is 7.13. The molecule has 0 atom stereocenters. The van der Waals surface area contributed by atoms with Crippen molar-refractivity contribution in [3.63, 3.8) is 0 Å². The van der Waals surface area contributed by atoms with Gasteiger partial charge in [0.1, 0.15) is 6.54 Å². The number of nitriles is 1. The molecule has 5 nitrogen and oxygen atoms in total. The van der Waals surface area contributed by atoms with E-state index < -0.39 is 0 Å². The van der Waals surface area contributed by atoms with Crippen molar-refractivity contribution in [2.45, 2.75) is 6.92 Å². The quantitative estimate of drug-likeness (QED) is 0.872. The summed E-state index contributed by atoms with van der Waals surface area (Å²) in [6, 6.07) is 17.9. The first-order chi connectivity index (χ1) is 11.0. The summed E-state index contributed by atoms with van der Waals surface area (Å²) in [5.41, 5.74) is 1.73. The molecule has 2 amide bonds. The summed E-state index contributed by atoms with van der Waals surface area (Å²) in [7, 11) is 1.67. The molecular formula is C18H17N3O2. The van der Waals surface area contributed by atoms with E-state index in [1.807, 2.05) is 36.4 Å². The van der Waals surface area contributed by atoms with E-state index in [4.69, 9.17) is 5.26 Å². The van der Waals surface area contributed by atoms with Gasteiger partial charge < -0.3 is 9.80 Å². The summed E-state index contributed by atoms with van der Waals surface area (Å²) in [4.78, 5) is 27.2. The summed E-state index contributed by atoms with van der Waals surface area (Å²) in [5, 5.41) is 8.97. The molecule has 0 saturated carbocycles. The molecule has 0 bridgehead atoms. The van der Waals surface area contributed by atoms with Crippen molar-refractivity contribution in [1.82, 2.24) is 0 Å². The molecule has 0 N–H and O–H groups in total. The maximum atomic E-state index is 12.5. The molecule has 116 valence electrons. The number of likely N-dealkylation sites (N-methyl/N-ethyl adjacent to an activating group) is 1. The fourth-order valence-electron chi connectivity index (χ4n) is 2.16. The third-order valence-electron chi connectivity index (χ3n) is 3.48. The van der Waals surface area contributed by atoms with Gasteiger partial charge in [0, 0.05) is 25.3 Å².